The van der Waals surface area contributed by atoms with Gasteiger partial charge in [-0.2, -0.15) is 0 Å². The van der Waals surface area contributed by atoms with Gasteiger partial charge in [-0.15, -0.1) is 0 Å². The molecule has 2 rings (SSSR count). The summed E-state index contributed by atoms with van der Waals surface area (Å²) in [4.78, 5) is 12.6. The largest absolute Gasteiger partial charge is 0.370 e. The maximum absolute atomic E-state index is 12.6. The molecule has 1 saturated carbocycles. The van der Waals surface area contributed by atoms with Crippen LogP contribution in [0.3, 0.4) is 0 Å². The van der Waals surface area contributed by atoms with Crippen molar-refractivity contribution in [3.63, 3.8) is 0 Å². The van der Waals surface area contributed by atoms with Crippen molar-refractivity contribution in [1.82, 2.24) is 0 Å². The van der Waals surface area contributed by atoms with Crippen molar-refractivity contribution >= 4 is 5.78 Å². The molecular weight excluding hydrogens is 212 g/mol. The highest BCUT2D eigenvalue weighted by molar-refractivity contribution is 6.02. The predicted molar refractivity (Wildman–Crippen MR) is 69.0 cm³/mol. The van der Waals surface area contributed by atoms with Crippen LogP contribution in [-0.4, -0.2) is 18.5 Å². The molecule has 0 aromatic carbocycles. The van der Waals surface area contributed by atoms with E-state index < -0.39 is 5.60 Å². The van der Waals surface area contributed by atoms with Crippen LogP contribution in [-0.2, 0) is 9.53 Å². The SMILES string of the molecule is COC1(C(=O)C2=CCCCCCC2)CCCC1. The Morgan fingerprint density at radius 1 is 1.12 bits per heavy atom. The van der Waals surface area contributed by atoms with E-state index in [1.807, 2.05) is 0 Å². The van der Waals surface area contributed by atoms with Gasteiger partial charge in [0.2, 0.25) is 0 Å². The average molecular weight is 236 g/mol. The van der Waals surface area contributed by atoms with E-state index in [4.69, 9.17) is 4.74 Å². The fourth-order valence-corrected chi connectivity index (χ4v) is 3.16. The van der Waals surface area contributed by atoms with Crippen LogP contribution < -0.4 is 0 Å². The van der Waals surface area contributed by atoms with Crippen LogP contribution in [0.25, 0.3) is 0 Å². The molecule has 17 heavy (non-hydrogen) atoms. The van der Waals surface area contributed by atoms with Gasteiger partial charge in [0.1, 0.15) is 5.60 Å². The molecule has 0 amide bonds. The first-order chi connectivity index (χ1) is 8.28. The van der Waals surface area contributed by atoms with E-state index in [0.29, 0.717) is 5.78 Å². The first kappa shape index (κ1) is 12.8. The van der Waals surface area contributed by atoms with Crippen LogP contribution in [0.5, 0.6) is 0 Å². The first-order valence-corrected chi connectivity index (χ1v) is 7.07. The monoisotopic (exact) mass is 236 g/mol. The zero-order valence-corrected chi connectivity index (χ0v) is 11.0. The average Bonchev–Trinajstić information content (AvgIpc) is 2.77. The van der Waals surface area contributed by atoms with E-state index >= 15 is 0 Å². The lowest BCUT2D eigenvalue weighted by molar-refractivity contribution is -0.136. The van der Waals surface area contributed by atoms with E-state index in [1.165, 1.54) is 19.3 Å². The van der Waals surface area contributed by atoms with Gasteiger partial charge in [0.15, 0.2) is 5.78 Å². The van der Waals surface area contributed by atoms with Crippen molar-refractivity contribution in [2.24, 2.45) is 0 Å². The molecule has 0 aromatic rings. The third-order valence-corrected chi connectivity index (χ3v) is 4.30. The molecule has 0 radical (unpaired) electrons. The maximum Gasteiger partial charge on any atom is 0.190 e. The number of hydrogen-bond acceptors (Lipinski definition) is 2. The quantitative estimate of drug-likeness (QED) is 0.745. The summed E-state index contributed by atoms with van der Waals surface area (Å²) in [5, 5.41) is 0. The Balaban J connectivity index is 2.11. The second-order valence-electron chi connectivity index (χ2n) is 5.42. The summed E-state index contributed by atoms with van der Waals surface area (Å²) in [6.07, 6.45) is 13.3. The molecule has 0 atom stereocenters. The number of ether oxygens (including phenoxy) is 1. The molecule has 2 aliphatic carbocycles. The molecule has 0 unspecified atom stereocenters. The standard InChI is InChI=1S/C15H24O2/c1-17-15(11-7-8-12-15)14(16)13-9-5-3-2-4-6-10-13/h9H,2-8,10-12H2,1H3. The number of allylic oxidation sites excluding steroid dienone is 1. The summed E-state index contributed by atoms with van der Waals surface area (Å²) in [6, 6.07) is 0. The Hall–Kier alpha value is -0.630. The molecule has 0 N–H and O–H groups in total. The molecule has 0 heterocycles. The molecule has 2 heteroatoms. The van der Waals surface area contributed by atoms with Gasteiger partial charge in [0.25, 0.3) is 0 Å². The first-order valence-electron chi connectivity index (χ1n) is 7.07. The zero-order valence-electron chi connectivity index (χ0n) is 11.0. The van der Waals surface area contributed by atoms with Gasteiger partial charge >= 0.3 is 0 Å². The molecule has 0 spiro atoms. The molecule has 2 nitrogen and oxygen atoms in total. The Kier molecular flexibility index (Phi) is 4.38. The zero-order chi connectivity index (χ0) is 12.1. The van der Waals surface area contributed by atoms with Crippen molar-refractivity contribution in [3.8, 4) is 0 Å². The minimum atomic E-state index is -0.467. The molecule has 1 fully saturated rings. The lowest BCUT2D eigenvalue weighted by atomic mass is 9.86. The molecule has 96 valence electrons. The number of carbonyl (C=O) groups is 1. The molecule has 0 aliphatic heterocycles. The number of Topliss-reactive ketones (excluding diaryl/α,β-unsaturated/α-hetero) is 1. The highest BCUT2D eigenvalue weighted by atomic mass is 16.5. The lowest BCUT2D eigenvalue weighted by Gasteiger charge is -2.27. The van der Waals surface area contributed by atoms with Gasteiger partial charge in [-0.1, -0.05) is 18.9 Å². The number of methoxy groups -OCH3 is 1. The minimum absolute atomic E-state index is 0.291. The number of carbonyl (C=O) groups excluding carboxylic acids is 1. The van der Waals surface area contributed by atoms with Crippen LogP contribution in [0.1, 0.15) is 64.2 Å². The van der Waals surface area contributed by atoms with E-state index in [1.54, 1.807) is 7.11 Å². The Labute approximate surface area is 104 Å². The van der Waals surface area contributed by atoms with Crippen molar-refractivity contribution < 1.29 is 9.53 Å². The van der Waals surface area contributed by atoms with Gasteiger partial charge in [-0.3, -0.25) is 4.79 Å². The highest BCUT2D eigenvalue weighted by Crippen LogP contribution is 2.36. The highest BCUT2D eigenvalue weighted by Gasteiger charge is 2.42. The van der Waals surface area contributed by atoms with Crippen LogP contribution in [0.15, 0.2) is 11.6 Å². The van der Waals surface area contributed by atoms with E-state index in [0.717, 1.165) is 50.5 Å². The normalized spacial score (nSPS) is 24.9. The maximum atomic E-state index is 12.6. The Morgan fingerprint density at radius 3 is 2.53 bits per heavy atom. The fourth-order valence-electron chi connectivity index (χ4n) is 3.16. The van der Waals surface area contributed by atoms with Crippen LogP contribution in [0.2, 0.25) is 0 Å². The number of rotatable bonds is 3. The number of hydrogen-bond donors (Lipinski definition) is 0. The van der Waals surface area contributed by atoms with Crippen LogP contribution in [0, 0.1) is 0 Å². The van der Waals surface area contributed by atoms with Crippen LogP contribution in [0.4, 0.5) is 0 Å². The van der Waals surface area contributed by atoms with Gasteiger partial charge in [0.05, 0.1) is 0 Å². The van der Waals surface area contributed by atoms with Gasteiger partial charge in [-0.25, -0.2) is 0 Å². The van der Waals surface area contributed by atoms with Gasteiger partial charge in [0, 0.05) is 7.11 Å². The topological polar surface area (TPSA) is 26.3 Å². The third kappa shape index (κ3) is 2.79. The molecule has 2 aliphatic rings. The Morgan fingerprint density at radius 2 is 1.82 bits per heavy atom. The summed E-state index contributed by atoms with van der Waals surface area (Å²) in [6.45, 7) is 0. The van der Waals surface area contributed by atoms with Crippen molar-refractivity contribution in [3.05, 3.63) is 11.6 Å². The minimum Gasteiger partial charge on any atom is -0.370 e. The summed E-state index contributed by atoms with van der Waals surface area (Å²) in [7, 11) is 1.70. The third-order valence-electron chi connectivity index (χ3n) is 4.30. The molecule has 0 saturated heterocycles. The predicted octanol–water partition coefficient (Wildman–Crippen LogP) is 3.80. The van der Waals surface area contributed by atoms with E-state index in [-0.39, 0.29) is 0 Å². The lowest BCUT2D eigenvalue weighted by Crippen LogP contribution is -2.38. The van der Waals surface area contributed by atoms with E-state index in [9.17, 15) is 4.79 Å². The summed E-state index contributed by atoms with van der Waals surface area (Å²) in [5.74, 6) is 0.291. The number of ketones is 1. The van der Waals surface area contributed by atoms with Gasteiger partial charge in [-0.05, 0) is 56.9 Å². The van der Waals surface area contributed by atoms with Gasteiger partial charge < -0.3 is 4.74 Å². The second-order valence-corrected chi connectivity index (χ2v) is 5.42. The molecular formula is C15H24O2. The molecule has 0 aromatic heterocycles. The summed E-state index contributed by atoms with van der Waals surface area (Å²) >= 11 is 0. The summed E-state index contributed by atoms with van der Waals surface area (Å²) in [5.41, 5.74) is 0.582. The second kappa shape index (κ2) is 5.81. The summed E-state index contributed by atoms with van der Waals surface area (Å²) < 4.78 is 5.60. The van der Waals surface area contributed by atoms with Crippen molar-refractivity contribution in [1.29, 1.82) is 0 Å². The smallest absolute Gasteiger partial charge is 0.190 e. The fraction of sp³-hybridized carbons (Fsp3) is 0.800. The van der Waals surface area contributed by atoms with Crippen molar-refractivity contribution in [2.75, 3.05) is 7.11 Å². The van der Waals surface area contributed by atoms with E-state index in [2.05, 4.69) is 6.08 Å². The Bertz CT molecular complexity index is 298. The van der Waals surface area contributed by atoms with Crippen molar-refractivity contribution in [2.45, 2.75) is 69.8 Å². The van der Waals surface area contributed by atoms with Crippen LogP contribution >= 0.6 is 0 Å². The molecule has 0 bridgehead atoms.